The Morgan fingerprint density at radius 1 is 1.17 bits per heavy atom. The van der Waals surface area contributed by atoms with Crippen LogP contribution in [0.1, 0.15) is 27.7 Å². The van der Waals surface area contributed by atoms with Crippen LogP contribution in [0.3, 0.4) is 0 Å². The molecule has 0 aromatic rings. The molecule has 0 fully saturated rings. The Morgan fingerprint density at radius 2 is 1.58 bits per heavy atom. The van der Waals surface area contributed by atoms with Gasteiger partial charge in [0.25, 0.3) is 0 Å². The van der Waals surface area contributed by atoms with Crippen LogP contribution in [-0.2, 0) is 8.85 Å². The Labute approximate surface area is 78.1 Å². The predicted molar refractivity (Wildman–Crippen MR) is 53.2 cm³/mol. The molecule has 0 amide bonds. The highest BCUT2D eigenvalue weighted by molar-refractivity contribution is 6.44. The van der Waals surface area contributed by atoms with Gasteiger partial charge in [0.2, 0.25) is 0 Å². The quantitative estimate of drug-likeness (QED) is 0.619. The van der Waals surface area contributed by atoms with Gasteiger partial charge in [-0.05, 0) is 17.4 Å². The highest BCUT2D eigenvalue weighted by Gasteiger charge is 2.29. The van der Waals surface area contributed by atoms with Crippen molar-refractivity contribution in [2.24, 2.45) is 11.3 Å². The molecule has 2 nitrogen and oxygen atoms in total. The van der Waals surface area contributed by atoms with Gasteiger partial charge < -0.3 is 8.85 Å². The molecule has 0 saturated carbocycles. The van der Waals surface area contributed by atoms with Crippen LogP contribution in [0, 0.1) is 11.3 Å². The van der Waals surface area contributed by atoms with Crippen molar-refractivity contribution in [2.45, 2.75) is 33.7 Å². The summed E-state index contributed by atoms with van der Waals surface area (Å²) in [6.45, 7) is 9.01. The zero-order valence-corrected chi connectivity index (χ0v) is 10.1. The lowest BCUT2D eigenvalue weighted by Gasteiger charge is -2.30. The van der Waals surface area contributed by atoms with Gasteiger partial charge in [0.05, 0.1) is 0 Å². The van der Waals surface area contributed by atoms with E-state index in [-0.39, 0.29) is 0 Å². The van der Waals surface area contributed by atoms with Crippen LogP contribution in [0.25, 0.3) is 0 Å². The molecule has 0 spiro atoms. The standard InChI is InChI=1S/C9H21O2Si/c1-8(2)9(3,4)7-12(10-5)11-6/h8H,7H2,1-6H3. The van der Waals surface area contributed by atoms with E-state index in [4.69, 9.17) is 8.85 Å². The Bertz CT molecular complexity index is 120. The highest BCUT2D eigenvalue weighted by atomic mass is 28.3. The van der Waals surface area contributed by atoms with Gasteiger partial charge in [0, 0.05) is 14.2 Å². The van der Waals surface area contributed by atoms with Gasteiger partial charge >= 0.3 is 9.28 Å². The van der Waals surface area contributed by atoms with E-state index in [1.165, 1.54) is 0 Å². The van der Waals surface area contributed by atoms with E-state index in [1.54, 1.807) is 14.2 Å². The third-order valence-electron chi connectivity index (χ3n) is 2.62. The first-order valence-corrected chi connectivity index (χ1v) is 5.90. The van der Waals surface area contributed by atoms with Gasteiger partial charge in [0.1, 0.15) is 0 Å². The molecular formula is C9H21O2Si. The molecule has 0 saturated heterocycles. The third-order valence-corrected chi connectivity index (χ3v) is 4.73. The lowest BCUT2D eigenvalue weighted by atomic mass is 9.83. The molecule has 0 aliphatic rings. The Hall–Kier alpha value is 0.137. The monoisotopic (exact) mass is 189 g/mol. The van der Waals surface area contributed by atoms with Crippen LogP contribution >= 0.6 is 0 Å². The molecule has 0 aliphatic heterocycles. The maximum Gasteiger partial charge on any atom is 0.384 e. The van der Waals surface area contributed by atoms with Crippen LogP contribution in [0.2, 0.25) is 6.04 Å². The maximum atomic E-state index is 5.27. The first kappa shape index (κ1) is 12.1. The average Bonchev–Trinajstić information content (AvgIpc) is 2.00. The van der Waals surface area contributed by atoms with Gasteiger partial charge in [-0.15, -0.1) is 0 Å². The molecule has 0 rings (SSSR count). The molecule has 12 heavy (non-hydrogen) atoms. The van der Waals surface area contributed by atoms with Crippen molar-refractivity contribution in [3.05, 3.63) is 0 Å². The first-order valence-electron chi connectivity index (χ1n) is 4.38. The fraction of sp³-hybridized carbons (Fsp3) is 1.00. The summed E-state index contributed by atoms with van der Waals surface area (Å²) < 4.78 is 10.5. The van der Waals surface area contributed by atoms with Crippen LogP contribution in [0.4, 0.5) is 0 Å². The fourth-order valence-electron chi connectivity index (χ4n) is 0.804. The molecular weight excluding hydrogens is 168 g/mol. The van der Waals surface area contributed by atoms with Gasteiger partial charge in [0.15, 0.2) is 0 Å². The van der Waals surface area contributed by atoms with E-state index >= 15 is 0 Å². The van der Waals surface area contributed by atoms with Crippen molar-refractivity contribution in [3.63, 3.8) is 0 Å². The molecule has 1 radical (unpaired) electrons. The van der Waals surface area contributed by atoms with Gasteiger partial charge in [-0.1, -0.05) is 27.7 Å². The first-order chi connectivity index (χ1) is 5.44. The van der Waals surface area contributed by atoms with E-state index in [9.17, 15) is 0 Å². The van der Waals surface area contributed by atoms with Crippen molar-refractivity contribution in [2.75, 3.05) is 14.2 Å². The van der Waals surface area contributed by atoms with Crippen LogP contribution in [0.5, 0.6) is 0 Å². The van der Waals surface area contributed by atoms with Crippen LogP contribution in [0.15, 0.2) is 0 Å². The van der Waals surface area contributed by atoms with Crippen molar-refractivity contribution in [1.82, 2.24) is 0 Å². The Morgan fingerprint density at radius 3 is 1.83 bits per heavy atom. The number of rotatable bonds is 5. The molecule has 0 aromatic carbocycles. The van der Waals surface area contributed by atoms with Crippen LogP contribution < -0.4 is 0 Å². The largest absolute Gasteiger partial charge is 0.397 e. The van der Waals surface area contributed by atoms with E-state index in [0.717, 1.165) is 6.04 Å². The number of hydrogen-bond acceptors (Lipinski definition) is 2. The summed E-state index contributed by atoms with van der Waals surface area (Å²) in [5, 5.41) is 0. The molecule has 73 valence electrons. The topological polar surface area (TPSA) is 18.5 Å². The summed E-state index contributed by atoms with van der Waals surface area (Å²) in [4.78, 5) is 0. The molecule has 3 heteroatoms. The Kier molecular flexibility index (Phi) is 5.05. The van der Waals surface area contributed by atoms with Gasteiger partial charge in [-0.2, -0.15) is 0 Å². The molecule has 0 bridgehead atoms. The fourth-order valence-corrected chi connectivity index (χ4v) is 2.41. The van der Waals surface area contributed by atoms with E-state index in [0.29, 0.717) is 11.3 Å². The van der Waals surface area contributed by atoms with Crippen molar-refractivity contribution in [3.8, 4) is 0 Å². The summed E-state index contributed by atoms with van der Waals surface area (Å²) in [7, 11) is 2.44. The minimum Gasteiger partial charge on any atom is -0.397 e. The maximum absolute atomic E-state index is 5.27. The van der Waals surface area contributed by atoms with Gasteiger partial charge in [-0.25, -0.2) is 0 Å². The Balaban J connectivity index is 4.02. The average molecular weight is 189 g/mol. The molecule has 0 N–H and O–H groups in total. The third kappa shape index (κ3) is 3.69. The molecule has 0 heterocycles. The minimum absolute atomic E-state index is 0.320. The van der Waals surface area contributed by atoms with E-state index in [2.05, 4.69) is 27.7 Å². The molecule has 0 atom stereocenters. The molecule has 0 aliphatic carbocycles. The molecule has 0 unspecified atom stereocenters. The van der Waals surface area contributed by atoms with Crippen molar-refractivity contribution in [1.29, 1.82) is 0 Å². The molecule has 0 aromatic heterocycles. The zero-order valence-electron chi connectivity index (χ0n) is 9.10. The van der Waals surface area contributed by atoms with Crippen LogP contribution in [-0.4, -0.2) is 23.5 Å². The van der Waals surface area contributed by atoms with Crippen molar-refractivity contribution < 1.29 is 8.85 Å². The number of hydrogen-bond donors (Lipinski definition) is 0. The van der Waals surface area contributed by atoms with Crippen molar-refractivity contribution >= 4 is 9.28 Å². The lowest BCUT2D eigenvalue weighted by molar-refractivity contribution is 0.221. The second-order valence-corrected chi connectivity index (χ2v) is 6.01. The normalized spacial score (nSPS) is 13.0. The highest BCUT2D eigenvalue weighted by Crippen LogP contribution is 2.32. The van der Waals surface area contributed by atoms with E-state index in [1.807, 2.05) is 0 Å². The summed E-state index contributed by atoms with van der Waals surface area (Å²) >= 11 is 0. The summed E-state index contributed by atoms with van der Waals surface area (Å²) in [6.07, 6.45) is 0. The smallest absolute Gasteiger partial charge is 0.384 e. The summed E-state index contributed by atoms with van der Waals surface area (Å²) in [5.74, 6) is 0.669. The second-order valence-electron chi connectivity index (χ2n) is 4.10. The SMILES string of the molecule is CO[Si](CC(C)(C)C(C)C)OC. The second kappa shape index (κ2) is 4.99. The van der Waals surface area contributed by atoms with Gasteiger partial charge in [-0.3, -0.25) is 0 Å². The van der Waals surface area contributed by atoms with E-state index < -0.39 is 9.28 Å². The minimum atomic E-state index is -1.02. The zero-order chi connectivity index (χ0) is 9.78. The summed E-state index contributed by atoms with van der Waals surface area (Å²) in [6, 6.07) is 1.04. The lowest BCUT2D eigenvalue weighted by Crippen LogP contribution is -2.30. The predicted octanol–water partition coefficient (Wildman–Crippen LogP) is 2.45. The summed E-state index contributed by atoms with van der Waals surface area (Å²) in [5.41, 5.74) is 0.320.